The van der Waals surface area contributed by atoms with E-state index in [1.54, 1.807) is 17.2 Å². The quantitative estimate of drug-likeness (QED) is 0.837. The van der Waals surface area contributed by atoms with E-state index < -0.39 is 0 Å². The summed E-state index contributed by atoms with van der Waals surface area (Å²) in [5.74, 6) is 0.963. The van der Waals surface area contributed by atoms with Crippen LogP contribution >= 0.6 is 0 Å². The van der Waals surface area contributed by atoms with Crippen molar-refractivity contribution in [3.8, 4) is 0 Å². The second-order valence-corrected chi connectivity index (χ2v) is 5.84. The number of aromatic nitrogens is 3. The zero-order chi connectivity index (χ0) is 13.1. The van der Waals surface area contributed by atoms with E-state index in [4.69, 9.17) is 0 Å². The smallest absolute Gasteiger partial charge is 0.222 e. The van der Waals surface area contributed by atoms with Crippen molar-refractivity contribution < 1.29 is 4.79 Å². The van der Waals surface area contributed by atoms with E-state index in [0.29, 0.717) is 11.8 Å². The van der Waals surface area contributed by atoms with Gasteiger partial charge >= 0.3 is 0 Å². The van der Waals surface area contributed by atoms with Crippen LogP contribution in [0.15, 0.2) is 12.4 Å². The number of rotatable bonds is 3. The van der Waals surface area contributed by atoms with Crippen molar-refractivity contribution in [1.29, 1.82) is 0 Å². The first-order chi connectivity index (χ1) is 9.33. The molecule has 5 heteroatoms. The van der Waals surface area contributed by atoms with Crippen LogP contribution in [0.5, 0.6) is 0 Å². The Morgan fingerprint density at radius 3 is 2.58 bits per heavy atom. The summed E-state index contributed by atoms with van der Waals surface area (Å²) >= 11 is 0. The van der Waals surface area contributed by atoms with Gasteiger partial charge in [-0.25, -0.2) is 0 Å². The van der Waals surface area contributed by atoms with Crippen LogP contribution in [0, 0.1) is 5.92 Å². The van der Waals surface area contributed by atoms with Crippen molar-refractivity contribution in [2.75, 3.05) is 13.1 Å². The standard InChI is InChI=1S/C14H22N4O/c19-14(10-12-4-2-1-3-5-12)17-9-6-13(11-17)18-15-7-8-16-18/h7-8,12-13H,1-6,9-11H2. The van der Waals surface area contributed by atoms with Gasteiger partial charge < -0.3 is 4.90 Å². The van der Waals surface area contributed by atoms with Crippen LogP contribution in [0.25, 0.3) is 0 Å². The van der Waals surface area contributed by atoms with Crippen LogP contribution in [0.4, 0.5) is 0 Å². The molecule has 104 valence electrons. The minimum atomic E-state index is 0.269. The molecular weight excluding hydrogens is 240 g/mol. The summed E-state index contributed by atoms with van der Waals surface area (Å²) < 4.78 is 0. The highest BCUT2D eigenvalue weighted by Gasteiger charge is 2.29. The summed E-state index contributed by atoms with van der Waals surface area (Å²) in [6.45, 7) is 1.64. The van der Waals surface area contributed by atoms with Gasteiger partial charge in [-0.2, -0.15) is 15.0 Å². The van der Waals surface area contributed by atoms with Gasteiger partial charge in [0, 0.05) is 19.5 Å². The Bertz CT molecular complexity index is 411. The average molecular weight is 262 g/mol. The van der Waals surface area contributed by atoms with Gasteiger partial charge in [0.1, 0.15) is 0 Å². The molecule has 1 aliphatic carbocycles. The van der Waals surface area contributed by atoms with E-state index in [9.17, 15) is 4.79 Å². The Kier molecular flexibility index (Phi) is 3.80. The molecule has 1 aliphatic heterocycles. The zero-order valence-corrected chi connectivity index (χ0v) is 11.4. The van der Waals surface area contributed by atoms with Crippen LogP contribution in [0.3, 0.4) is 0 Å². The van der Waals surface area contributed by atoms with Crippen molar-refractivity contribution in [1.82, 2.24) is 19.9 Å². The minimum absolute atomic E-state index is 0.269. The summed E-state index contributed by atoms with van der Waals surface area (Å²) in [7, 11) is 0. The highest BCUT2D eigenvalue weighted by Crippen LogP contribution is 2.28. The van der Waals surface area contributed by atoms with Gasteiger partial charge in [-0.1, -0.05) is 19.3 Å². The van der Waals surface area contributed by atoms with Crippen LogP contribution in [0.2, 0.25) is 0 Å². The molecular formula is C14H22N4O. The number of nitrogens with zero attached hydrogens (tertiary/aromatic N) is 4. The summed E-state index contributed by atoms with van der Waals surface area (Å²) in [6.07, 6.45) is 11.6. The topological polar surface area (TPSA) is 51.0 Å². The SMILES string of the molecule is O=C(CC1CCCCC1)N1CCC(n2nccn2)C1. The number of hydrogen-bond donors (Lipinski definition) is 0. The lowest BCUT2D eigenvalue weighted by Crippen LogP contribution is -2.31. The fraction of sp³-hybridized carbons (Fsp3) is 0.786. The molecule has 2 fully saturated rings. The summed E-state index contributed by atoms with van der Waals surface area (Å²) in [4.78, 5) is 16.1. The van der Waals surface area contributed by atoms with Crippen molar-refractivity contribution in [2.24, 2.45) is 5.92 Å². The molecule has 3 rings (SSSR count). The molecule has 1 aromatic heterocycles. The number of likely N-dealkylation sites (tertiary alicyclic amines) is 1. The molecule has 0 N–H and O–H groups in total. The minimum Gasteiger partial charge on any atom is -0.340 e. The van der Waals surface area contributed by atoms with Crippen LogP contribution < -0.4 is 0 Å². The van der Waals surface area contributed by atoms with Crippen molar-refractivity contribution >= 4 is 5.91 Å². The van der Waals surface area contributed by atoms with Gasteiger partial charge in [-0.3, -0.25) is 4.79 Å². The monoisotopic (exact) mass is 262 g/mol. The fourth-order valence-corrected chi connectivity index (χ4v) is 3.34. The third-order valence-electron chi connectivity index (χ3n) is 4.47. The molecule has 5 nitrogen and oxygen atoms in total. The molecule has 1 saturated heterocycles. The molecule has 2 heterocycles. The number of hydrogen-bond acceptors (Lipinski definition) is 3. The second kappa shape index (κ2) is 5.72. The summed E-state index contributed by atoms with van der Waals surface area (Å²) in [5, 5.41) is 8.35. The van der Waals surface area contributed by atoms with Crippen LogP contribution in [-0.2, 0) is 4.79 Å². The normalized spacial score (nSPS) is 24.8. The number of carbonyl (C=O) groups is 1. The molecule has 19 heavy (non-hydrogen) atoms. The summed E-state index contributed by atoms with van der Waals surface area (Å²) in [6, 6.07) is 0.269. The van der Waals surface area contributed by atoms with Crippen LogP contribution in [0.1, 0.15) is 51.0 Å². The largest absolute Gasteiger partial charge is 0.340 e. The van der Waals surface area contributed by atoms with E-state index >= 15 is 0 Å². The first-order valence-corrected chi connectivity index (χ1v) is 7.46. The maximum absolute atomic E-state index is 12.3. The Labute approximate surface area is 114 Å². The third kappa shape index (κ3) is 2.96. The fourth-order valence-electron chi connectivity index (χ4n) is 3.34. The van der Waals surface area contributed by atoms with Gasteiger partial charge in [0.25, 0.3) is 0 Å². The Morgan fingerprint density at radius 2 is 1.84 bits per heavy atom. The van der Waals surface area contributed by atoms with Gasteiger partial charge in [-0.15, -0.1) is 0 Å². The maximum Gasteiger partial charge on any atom is 0.222 e. The lowest BCUT2D eigenvalue weighted by Gasteiger charge is -2.24. The van der Waals surface area contributed by atoms with Crippen molar-refractivity contribution in [2.45, 2.75) is 51.0 Å². The molecule has 2 aliphatic rings. The lowest BCUT2D eigenvalue weighted by molar-refractivity contribution is -0.131. The Balaban J connectivity index is 1.51. The molecule has 0 aromatic carbocycles. The lowest BCUT2D eigenvalue weighted by atomic mass is 9.87. The molecule has 1 aromatic rings. The molecule has 0 spiro atoms. The number of amides is 1. The van der Waals surface area contributed by atoms with Gasteiger partial charge in [-0.05, 0) is 25.2 Å². The number of carbonyl (C=O) groups excluding carboxylic acids is 1. The summed E-state index contributed by atoms with van der Waals surface area (Å²) in [5.41, 5.74) is 0. The Hall–Kier alpha value is -1.39. The van der Waals surface area contributed by atoms with E-state index in [-0.39, 0.29) is 6.04 Å². The maximum atomic E-state index is 12.3. The first kappa shape index (κ1) is 12.6. The Morgan fingerprint density at radius 1 is 1.11 bits per heavy atom. The van der Waals surface area contributed by atoms with E-state index in [2.05, 4.69) is 10.2 Å². The third-order valence-corrected chi connectivity index (χ3v) is 4.47. The predicted molar refractivity (Wildman–Crippen MR) is 71.4 cm³/mol. The molecule has 1 atom stereocenters. The van der Waals surface area contributed by atoms with E-state index in [1.165, 1.54) is 32.1 Å². The second-order valence-electron chi connectivity index (χ2n) is 5.84. The van der Waals surface area contributed by atoms with E-state index in [1.807, 2.05) is 4.90 Å². The van der Waals surface area contributed by atoms with Gasteiger partial charge in [0.15, 0.2) is 0 Å². The van der Waals surface area contributed by atoms with Gasteiger partial charge in [0.2, 0.25) is 5.91 Å². The molecule has 1 amide bonds. The molecule has 1 saturated carbocycles. The predicted octanol–water partition coefficient (Wildman–Crippen LogP) is 2.02. The van der Waals surface area contributed by atoms with Crippen LogP contribution in [-0.4, -0.2) is 38.9 Å². The zero-order valence-electron chi connectivity index (χ0n) is 11.4. The molecule has 0 radical (unpaired) electrons. The van der Waals surface area contributed by atoms with Crippen molar-refractivity contribution in [3.05, 3.63) is 12.4 Å². The van der Waals surface area contributed by atoms with E-state index in [0.717, 1.165) is 25.9 Å². The molecule has 0 bridgehead atoms. The highest BCUT2D eigenvalue weighted by atomic mass is 16.2. The average Bonchev–Trinajstić information content (AvgIpc) is 3.11. The first-order valence-electron chi connectivity index (χ1n) is 7.46. The highest BCUT2D eigenvalue weighted by molar-refractivity contribution is 5.76. The van der Waals surface area contributed by atoms with Gasteiger partial charge in [0.05, 0.1) is 18.4 Å². The molecule has 1 unspecified atom stereocenters. The van der Waals surface area contributed by atoms with Crippen molar-refractivity contribution in [3.63, 3.8) is 0 Å².